The van der Waals surface area contributed by atoms with Crippen molar-refractivity contribution >= 4 is 23.4 Å². The fourth-order valence-corrected chi connectivity index (χ4v) is 2.20. The van der Waals surface area contributed by atoms with Gasteiger partial charge < -0.3 is 9.64 Å². The highest BCUT2D eigenvalue weighted by molar-refractivity contribution is 6.06. The fourth-order valence-electron chi connectivity index (χ4n) is 2.20. The van der Waals surface area contributed by atoms with Crippen LogP contribution in [0.15, 0.2) is 36.4 Å². The molecule has 0 aromatic heterocycles. The lowest BCUT2D eigenvalue weighted by atomic mass is 10.1. The van der Waals surface area contributed by atoms with Crippen molar-refractivity contribution < 1.29 is 36.3 Å². The molecule has 2 aromatic carbocycles. The van der Waals surface area contributed by atoms with Gasteiger partial charge in [0, 0.05) is 24.4 Å². The maximum absolute atomic E-state index is 13.8. The van der Waals surface area contributed by atoms with E-state index in [-0.39, 0.29) is 5.69 Å². The summed E-state index contributed by atoms with van der Waals surface area (Å²) in [5, 5.41) is 2.03. The van der Waals surface area contributed by atoms with Gasteiger partial charge in [-0.15, -0.1) is 0 Å². The lowest BCUT2D eigenvalue weighted by Gasteiger charge is -2.19. The normalized spacial score (nSPS) is 11.1. The van der Waals surface area contributed by atoms with Crippen LogP contribution in [-0.4, -0.2) is 26.2 Å². The van der Waals surface area contributed by atoms with Crippen LogP contribution < -0.4 is 10.2 Å². The molecule has 0 aliphatic carbocycles. The third kappa shape index (κ3) is 4.72. The summed E-state index contributed by atoms with van der Waals surface area (Å²) in [6.45, 7) is 0. The van der Waals surface area contributed by atoms with Gasteiger partial charge in [-0.05, 0) is 30.3 Å². The van der Waals surface area contributed by atoms with E-state index in [9.17, 15) is 31.5 Å². The quantitative estimate of drug-likeness (QED) is 0.791. The molecule has 2 aromatic rings. The van der Waals surface area contributed by atoms with Gasteiger partial charge in [0.25, 0.3) is 5.91 Å². The van der Waals surface area contributed by atoms with Crippen molar-refractivity contribution in [2.45, 2.75) is 6.18 Å². The molecule has 0 saturated heterocycles. The lowest BCUT2D eigenvalue weighted by Crippen LogP contribution is -2.28. The molecule has 0 bridgehead atoms. The Hall–Kier alpha value is -3.17. The number of hydrogen-bond acceptors (Lipinski definition) is 3. The van der Waals surface area contributed by atoms with Crippen molar-refractivity contribution in [1.82, 2.24) is 0 Å². The Morgan fingerprint density at radius 2 is 1.74 bits per heavy atom. The van der Waals surface area contributed by atoms with Gasteiger partial charge in [0.15, 0.2) is 0 Å². The van der Waals surface area contributed by atoms with Gasteiger partial charge in [-0.3, -0.25) is 10.1 Å². The van der Waals surface area contributed by atoms with E-state index in [4.69, 9.17) is 0 Å². The van der Waals surface area contributed by atoms with E-state index in [2.05, 4.69) is 4.74 Å². The number of carbonyl (C=O) groups excluding carboxylic acids is 2. The number of amides is 2. The van der Waals surface area contributed by atoms with Crippen LogP contribution >= 0.6 is 0 Å². The van der Waals surface area contributed by atoms with E-state index in [1.54, 1.807) is 0 Å². The average molecular weight is 388 g/mol. The predicted octanol–water partition coefficient (Wildman–Crippen LogP) is 4.44. The largest absolute Gasteiger partial charge is 0.453 e. The van der Waals surface area contributed by atoms with Crippen LogP contribution in [0.25, 0.3) is 0 Å². The second-order valence-corrected chi connectivity index (χ2v) is 5.37. The number of hydrogen-bond donors (Lipinski definition) is 1. The molecule has 1 N–H and O–H groups in total. The summed E-state index contributed by atoms with van der Waals surface area (Å²) in [4.78, 5) is 24.4. The summed E-state index contributed by atoms with van der Waals surface area (Å²) in [5.41, 5.74) is -2.52. The fraction of sp³-hybridized carbons (Fsp3) is 0.176. The smallest absolute Gasteiger partial charge is 0.416 e. The second kappa shape index (κ2) is 7.60. The van der Waals surface area contributed by atoms with Gasteiger partial charge in [-0.1, -0.05) is 0 Å². The van der Waals surface area contributed by atoms with E-state index in [1.165, 1.54) is 0 Å². The minimum absolute atomic E-state index is 0.354. The predicted molar refractivity (Wildman–Crippen MR) is 86.6 cm³/mol. The number of halogens is 5. The molecule has 27 heavy (non-hydrogen) atoms. The van der Waals surface area contributed by atoms with Gasteiger partial charge in [-0.25, -0.2) is 13.6 Å². The summed E-state index contributed by atoms with van der Waals surface area (Å²) in [5.74, 6) is -2.81. The van der Waals surface area contributed by atoms with Gasteiger partial charge in [0.05, 0.1) is 18.4 Å². The summed E-state index contributed by atoms with van der Waals surface area (Å²) in [6.07, 6.45) is -5.86. The number of nitrogens with zero attached hydrogens (tertiary/aromatic N) is 1. The number of methoxy groups -OCH3 is 1. The van der Waals surface area contributed by atoms with Crippen LogP contribution in [0.4, 0.5) is 38.1 Å². The summed E-state index contributed by atoms with van der Waals surface area (Å²) < 4.78 is 70.8. The molecule has 0 heterocycles. The Labute approximate surface area is 150 Å². The van der Waals surface area contributed by atoms with Crippen molar-refractivity contribution in [3.05, 3.63) is 59.2 Å². The highest BCUT2D eigenvalue weighted by atomic mass is 19.4. The Balaban J connectivity index is 2.48. The zero-order valence-electron chi connectivity index (χ0n) is 14.0. The number of carbonyl (C=O) groups is 2. The first-order chi connectivity index (χ1) is 12.5. The van der Waals surface area contributed by atoms with Crippen LogP contribution in [0, 0.1) is 11.6 Å². The molecule has 0 unspecified atom stereocenters. The molecule has 0 aliphatic heterocycles. The second-order valence-electron chi connectivity index (χ2n) is 5.37. The van der Waals surface area contributed by atoms with Gasteiger partial charge in [0.2, 0.25) is 0 Å². The number of nitrogens with one attached hydrogen (secondary N) is 1. The third-order valence-electron chi connectivity index (χ3n) is 3.51. The first-order valence-corrected chi connectivity index (χ1v) is 7.33. The monoisotopic (exact) mass is 388 g/mol. The summed E-state index contributed by atoms with van der Waals surface area (Å²) in [7, 11) is 2.09. The van der Waals surface area contributed by atoms with Gasteiger partial charge in [-0.2, -0.15) is 13.2 Å². The van der Waals surface area contributed by atoms with Gasteiger partial charge >= 0.3 is 12.3 Å². The maximum atomic E-state index is 13.8. The molecule has 0 aliphatic rings. The minimum atomic E-state index is -4.81. The van der Waals surface area contributed by atoms with Gasteiger partial charge in [0.1, 0.15) is 11.6 Å². The first-order valence-electron chi connectivity index (χ1n) is 7.33. The van der Waals surface area contributed by atoms with Crippen LogP contribution in [0.2, 0.25) is 0 Å². The molecule has 2 amide bonds. The molecule has 0 spiro atoms. The molecule has 0 radical (unpaired) electrons. The SMILES string of the molecule is COC(=O)Nc1cc(C(=O)N(C)c2cc(F)ccc2F)cc(C(F)(F)F)c1. The van der Waals surface area contributed by atoms with E-state index in [0.29, 0.717) is 17.0 Å². The number of ether oxygens (including phenoxy) is 1. The number of rotatable bonds is 3. The van der Waals surface area contributed by atoms with Crippen molar-refractivity contribution in [3.63, 3.8) is 0 Å². The molecular weight excluding hydrogens is 375 g/mol. The Morgan fingerprint density at radius 1 is 1.07 bits per heavy atom. The molecule has 0 saturated carbocycles. The highest BCUT2D eigenvalue weighted by Crippen LogP contribution is 2.33. The number of alkyl halides is 3. The van der Waals surface area contributed by atoms with Crippen LogP contribution in [0.1, 0.15) is 15.9 Å². The lowest BCUT2D eigenvalue weighted by molar-refractivity contribution is -0.137. The summed E-state index contributed by atoms with van der Waals surface area (Å²) in [6, 6.07) is 4.45. The minimum Gasteiger partial charge on any atom is -0.453 e. The van der Waals surface area contributed by atoms with Crippen molar-refractivity contribution in [2.75, 3.05) is 24.4 Å². The third-order valence-corrected chi connectivity index (χ3v) is 3.51. The van der Waals surface area contributed by atoms with Crippen LogP contribution in [-0.2, 0) is 10.9 Å². The number of anilines is 2. The topological polar surface area (TPSA) is 58.6 Å². The zero-order valence-corrected chi connectivity index (χ0v) is 14.0. The van der Waals surface area contributed by atoms with Crippen molar-refractivity contribution in [2.24, 2.45) is 0 Å². The Morgan fingerprint density at radius 3 is 2.33 bits per heavy atom. The zero-order chi connectivity index (χ0) is 20.4. The van der Waals surface area contributed by atoms with Crippen molar-refractivity contribution in [3.8, 4) is 0 Å². The van der Waals surface area contributed by atoms with Crippen LogP contribution in [0.5, 0.6) is 0 Å². The molecule has 5 nitrogen and oxygen atoms in total. The molecule has 0 fully saturated rings. The molecule has 2 rings (SSSR count). The highest BCUT2D eigenvalue weighted by Gasteiger charge is 2.32. The summed E-state index contributed by atoms with van der Waals surface area (Å²) >= 11 is 0. The number of benzene rings is 2. The van der Waals surface area contributed by atoms with E-state index in [1.807, 2.05) is 5.32 Å². The van der Waals surface area contributed by atoms with E-state index < -0.39 is 46.6 Å². The molecular formula is C17H13F5N2O3. The Bertz CT molecular complexity index is 883. The molecule has 10 heteroatoms. The maximum Gasteiger partial charge on any atom is 0.416 e. The van der Waals surface area contributed by atoms with E-state index >= 15 is 0 Å². The first kappa shape index (κ1) is 20.1. The van der Waals surface area contributed by atoms with E-state index in [0.717, 1.165) is 38.4 Å². The van der Waals surface area contributed by atoms with Crippen LogP contribution in [0.3, 0.4) is 0 Å². The standard InChI is InChI=1S/C17H13F5N2O3/c1-24(14-8-11(18)3-4-13(14)19)15(25)9-5-10(17(20,21)22)7-12(6-9)23-16(26)27-2/h3-8H,1-2H3,(H,23,26). The molecule has 0 atom stereocenters. The molecule has 144 valence electrons. The van der Waals surface area contributed by atoms with Crippen molar-refractivity contribution in [1.29, 1.82) is 0 Å². The Kier molecular flexibility index (Phi) is 5.67. The average Bonchev–Trinajstić information content (AvgIpc) is 2.61.